The van der Waals surface area contributed by atoms with Crippen molar-refractivity contribution in [2.75, 3.05) is 6.61 Å². The van der Waals surface area contributed by atoms with Gasteiger partial charge in [0.15, 0.2) is 17.4 Å². The van der Waals surface area contributed by atoms with Crippen molar-refractivity contribution < 1.29 is 18.7 Å². The SMILES string of the molecule is CC(C)c1csc(C(=O)CC23CC(NC(=O)COc4ccc(Cl)c(F)c4)(C2)C3)n1. The van der Waals surface area contributed by atoms with Crippen LogP contribution in [0.25, 0.3) is 0 Å². The monoisotopic (exact) mass is 436 g/mol. The van der Waals surface area contributed by atoms with Crippen molar-refractivity contribution in [3.05, 3.63) is 45.1 Å². The van der Waals surface area contributed by atoms with Crippen LogP contribution in [-0.4, -0.2) is 28.8 Å². The number of hydrogen-bond donors (Lipinski definition) is 1. The van der Waals surface area contributed by atoms with Gasteiger partial charge in [0.1, 0.15) is 11.6 Å². The summed E-state index contributed by atoms with van der Waals surface area (Å²) in [6, 6.07) is 4.06. The molecule has 29 heavy (non-hydrogen) atoms. The zero-order chi connectivity index (χ0) is 20.8. The molecule has 154 valence electrons. The van der Waals surface area contributed by atoms with Crippen molar-refractivity contribution in [1.29, 1.82) is 0 Å². The van der Waals surface area contributed by atoms with Gasteiger partial charge in [0.25, 0.3) is 5.91 Å². The van der Waals surface area contributed by atoms with Crippen LogP contribution in [-0.2, 0) is 4.79 Å². The van der Waals surface area contributed by atoms with Gasteiger partial charge in [0.2, 0.25) is 0 Å². The maximum absolute atomic E-state index is 13.4. The van der Waals surface area contributed by atoms with Crippen molar-refractivity contribution in [1.82, 2.24) is 10.3 Å². The Hall–Kier alpha value is -1.99. The van der Waals surface area contributed by atoms with E-state index < -0.39 is 5.82 Å². The third-order valence-corrected chi connectivity index (χ3v) is 6.90. The first-order valence-corrected chi connectivity index (χ1v) is 10.8. The highest BCUT2D eigenvalue weighted by Crippen LogP contribution is 2.69. The first-order chi connectivity index (χ1) is 13.7. The maximum atomic E-state index is 13.4. The van der Waals surface area contributed by atoms with Gasteiger partial charge in [-0.2, -0.15) is 0 Å². The fourth-order valence-electron chi connectivity index (χ4n) is 4.46. The van der Waals surface area contributed by atoms with Crippen LogP contribution in [0.15, 0.2) is 23.6 Å². The van der Waals surface area contributed by atoms with Crippen LogP contribution in [0.5, 0.6) is 5.75 Å². The van der Waals surface area contributed by atoms with Gasteiger partial charge in [-0.3, -0.25) is 9.59 Å². The summed E-state index contributed by atoms with van der Waals surface area (Å²) < 4.78 is 18.7. The number of benzene rings is 1. The second-order valence-corrected chi connectivity index (χ2v) is 9.82. The van der Waals surface area contributed by atoms with E-state index in [2.05, 4.69) is 24.1 Å². The van der Waals surface area contributed by atoms with E-state index >= 15 is 0 Å². The van der Waals surface area contributed by atoms with Crippen molar-refractivity contribution >= 4 is 34.6 Å². The summed E-state index contributed by atoms with van der Waals surface area (Å²) in [5.74, 6) is -0.175. The van der Waals surface area contributed by atoms with Gasteiger partial charge in [0.05, 0.1) is 10.7 Å². The van der Waals surface area contributed by atoms with Crippen LogP contribution in [0.2, 0.25) is 5.02 Å². The molecule has 1 N–H and O–H groups in total. The normalized spacial score (nSPS) is 24.6. The molecule has 3 saturated carbocycles. The average Bonchev–Trinajstić information content (AvgIpc) is 3.10. The lowest BCUT2D eigenvalue weighted by molar-refractivity contribution is -0.164. The predicted octanol–water partition coefficient (Wildman–Crippen LogP) is 4.75. The molecule has 3 aliphatic carbocycles. The van der Waals surface area contributed by atoms with E-state index in [0.717, 1.165) is 31.0 Å². The number of nitrogens with zero attached hydrogens (tertiary/aromatic N) is 1. The minimum Gasteiger partial charge on any atom is -0.484 e. The minimum absolute atomic E-state index is 0.00576. The highest BCUT2D eigenvalue weighted by molar-refractivity contribution is 7.11. The molecule has 0 spiro atoms. The van der Waals surface area contributed by atoms with Crippen LogP contribution >= 0.6 is 22.9 Å². The molecule has 1 aromatic carbocycles. The van der Waals surface area contributed by atoms with E-state index in [0.29, 0.717) is 17.3 Å². The van der Waals surface area contributed by atoms with Crippen molar-refractivity contribution in [3.8, 4) is 5.75 Å². The lowest BCUT2D eigenvalue weighted by Gasteiger charge is -2.70. The number of ether oxygens (including phenoxy) is 1. The molecule has 0 atom stereocenters. The Morgan fingerprint density at radius 3 is 2.69 bits per heavy atom. The van der Waals surface area contributed by atoms with Crippen LogP contribution in [0.4, 0.5) is 4.39 Å². The van der Waals surface area contributed by atoms with E-state index in [9.17, 15) is 14.0 Å². The van der Waals surface area contributed by atoms with Gasteiger partial charge >= 0.3 is 0 Å². The highest BCUT2D eigenvalue weighted by atomic mass is 35.5. The number of carbonyl (C=O) groups excluding carboxylic acids is 2. The van der Waals surface area contributed by atoms with Gasteiger partial charge in [-0.25, -0.2) is 9.37 Å². The van der Waals surface area contributed by atoms with Gasteiger partial charge in [0, 0.05) is 23.4 Å². The molecule has 1 heterocycles. The lowest BCUT2D eigenvalue weighted by atomic mass is 9.38. The zero-order valence-corrected chi connectivity index (χ0v) is 17.8. The van der Waals surface area contributed by atoms with Crippen molar-refractivity contribution in [2.45, 2.75) is 51.0 Å². The molecule has 0 radical (unpaired) electrons. The fourth-order valence-corrected chi connectivity index (χ4v) is 5.50. The Bertz CT molecular complexity index is 955. The second kappa shape index (κ2) is 7.36. The number of halogens is 2. The first-order valence-electron chi connectivity index (χ1n) is 9.57. The zero-order valence-electron chi connectivity index (χ0n) is 16.3. The summed E-state index contributed by atoms with van der Waals surface area (Å²) in [5.41, 5.74) is 0.729. The predicted molar refractivity (Wildman–Crippen MR) is 109 cm³/mol. The molecule has 0 saturated heterocycles. The summed E-state index contributed by atoms with van der Waals surface area (Å²) in [5, 5.41) is 5.55. The second-order valence-electron chi connectivity index (χ2n) is 8.56. The van der Waals surface area contributed by atoms with E-state index in [4.69, 9.17) is 16.3 Å². The van der Waals surface area contributed by atoms with Crippen LogP contribution in [0.3, 0.4) is 0 Å². The Labute approximate surface area is 177 Å². The van der Waals surface area contributed by atoms with Crippen molar-refractivity contribution in [3.63, 3.8) is 0 Å². The molecule has 3 fully saturated rings. The Kier molecular flexibility index (Phi) is 5.15. The molecule has 5 nitrogen and oxygen atoms in total. The number of rotatable bonds is 8. The van der Waals surface area contributed by atoms with E-state index in [1.165, 1.54) is 23.5 Å². The summed E-state index contributed by atoms with van der Waals surface area (Å²) in [4.78, 5) is 29.2. The van der Waals surface area contributed by atoms with E-state index in [1.54, 1.807) is 0 Å². The average molecular weight is 437 g/mol. The molecule has 0 unspecified atom stereocenters. The number of hydrogen-bond acceptors (Lipinski definition) is 5. The first kappa shape index (κ1) is 20.3. The molecular weight excluding hydrogens is 415 g/mol. The van der Waals surface area contributed by atoms with Gasteiger partial charge in [-0.15, -0.1) is 11.3 Å². The standard InChI is InChI=1S/C21H22ClFN2O3S/c1-12(2)16-8-29-19(24-16)17(26)6-20-9-21(10-20,11-20)25-18(27)7-28-13-3-4-14(22)15(23)5-13/h3-5,8,12H,6-7,9-11H2,1-2H3,(H,25,27). The van der Waals surface area contributed by atoms with Crippen molar-refractivity contribution in [2.24, 2.45) is 5.41 Å². The van der Waals surface area contributed by atoms with Crippen LogP contribution in [0.1, 0.15) is 60.9 Å². The summed E-state index contributed by atoms with van der Waals surface area (Å²) in [7, 11) is 0. The number of amides is 1. The molecule has 0 aliphatic heterocycles. The lowest BCUT2D eigenvalue weighted by Crippen LogP contribution is -2.75. The number of nitrogens with one attached hydrogen (secondary N) is 1. The smallest absolute Gasteiger partial charge is 0.258 e. The molecule has 8 heteroatoms. The molecule has 1 aromatic heterocycles. The Morgan fingerprint density at radius 2 is 2.07 bits per heavy atom. The topological polar surface area (TPSA) is 68.3 Å². The fraction of sp³-hybridized carbons (Fsp3) is 0.476. The molecule has 3 aliphatic rings. The number of Topliss-reactive ketones (excluding diaryl/α,β-unsaturated/α-hetero) is 1. The number of aromatic nitrogens is 1. The Morgan fingerprint density at radius 1 is 1.34 bits per heavy atom. The molecular formula is C21H22ClFN2O3S. The van der Waals surface area contributed by atoms with E-state index in [1.807, 2.05) is 5.38 Å². The highest BCUT2D eigenvalue weighted by Gasteiger charge is 2.68. The van der Waals surface area contributed by atoms with Gasteiger partial charge in [-0.05, 0) is 42.7 Å². The molecule has 5 rings (SSSR count). The summed E-state index contributed by atoms with van der Waals surface area (Å²) in [6.45, 7) is 3.93. The quantitative estimate of drug-likeness (QED) is 0.606. The minimum atomic E-state index is -0.587. The van der Waals surface area contributed by atoms with Gasteiger partial charge in [-0.1, -0.05) is 25.4 Å². The molecule has 1 amide bonds. The summed E-state index contributed by atoms with van der Waals surface area (Å²) >= 11 is 7.04. The molecule has 2 aromatic rings. The van der Waals surface area contributed by atoms with Crippen LogP contribution < -0.4 is 10.1 Å². The van der Waals surface area contributed by atoms with E-state index in [-0.39, 0.29) is 40.0 Å². The Balaban J connectivity index is 1.23. The third-order valence-electron chi connectivity index (χ3n) is 5.69. The third kappa shape index (κ3) is 4.03. The number of carbonyl (C=O) groups is 2. The van der Waals surface area contributed by atoms with Crippen LogP contribution in [0, 0.1) is 11.2 Å². The summed E-state index contributed by atoms with van der Waals surface area (Å²) in [6.07, 6.45) is 2.89. The number of thiazole rings is 1. The molecule has 2 bridgehead atoms. The largest absolute Gasteiger partial charge is 0.484 e. The van der Waals surface area contributed by atoms with Gasteiger partial charge < -0.3 is 10.1 Å². The maximum Gasteiger partial charge on any atom is 0.258 e. The number of ketones is 1.